The summed E-state index contributed by atoms with van der Waals surface area (Å²) < 4.78 is 10.7. The summed E-state index contributed by atoms with van der Waals surface area (Å²) in [6.45, 7) is 8.78. The fourth-order valence-electron chi connectivity index (χ4n) is 2.94. The molecule has 1 aliphatic heterocycles. The number of nitrogens with zero attached hydrogens (tertiary/aromatic N) is 1. The second-order valence-corrected chi connectivity index (χ2v) is 6.18. The van der Waals surface area contributed by atoms with Crippen molar-refractivity contribution in [3.05, 3.63) is 34.9 Å². The standard InChI is InChI=1S/C18H28N2O3/c1-13-6-5-7-17(14(13)2)15(3)19-18(21)20-9-8-16(12-20)23-11-10-22-4/h5-7,15-16H,8-12H2,1-4H3,(H,19,21)/t15-,16+/m0/s1. The van der Waals surface area contributed by atoms with Crippen LogP contribution in [0.5, 0.6) is 0 Å². The number of carbonyl (C=O) groups is 1. The molecule has 1 aromatic carbocycles. The molecule has 1 saturated heterocycles. The Morgan fingerprint density at radius 1 is 1.39 bits per heavy atom. The van der Waals surface area contributed by atoms with Crippen LogP contribution in [0, 0.1) is 13.8 Å². The molecular formula is C18H28N2O3. The van der Waals surface area contributed by atoms with Crippen LogP contribution in [-0.2, 0) is 9.47 Å². The number of amides is 2. The molecule has 128 valence electrons. The van der Waals surface area contributed by atoms with Crippen LogP contribution in [0.3, 0.4) is 0 Å². The maximum Gasteiger partial charge on any atom is 0.317 e. The number of rotatable bonds is 6. The van der Waals surface area contributed by atoms with Gasteiger partial charge in [-0.2, -0.15) is 0 Å². The van der Waals surface area contributed by atoms with E-state index in [-0.39, 0.29) is 18.2 Å². The Labute approximate surface area is 139 Å². The number of hydrogen-bond donors (Lipinski definition) is 1. The highest BCUT2D eigenvalue weighted by molar-refractivity contribution is 5.75. The summed E-state index contributed by atoms with van der Waals surface area (Å²) in [6, 6.07) is 6.19. The molecule has 1 N–H and O–H groups in total. The topological polar surface area (TPSA) is 50.8 Å². The van der Waals surface area contributed by atoms with E-state index in [4.69, 9.17) is 9.47 Å². The zero-order chi connectivity index (χ0) is 16.8. The molecular weight excluding hydrogens is 292 g/mol. The van der Waals surface area contributed by atoms with E-state index in [0.717, 1.165) is 13.0 Å². The van der Waals surface area contributed by atoms with Crippen molar-refractivity contribution in [2.75, 3.05) is 33.4 Å². The number of benzene rings is 1. The van der Waals surface area contributed by atoms with Crippen LogP contribution in [0.15, 0.2) is 18.2 Å². The maximum atomic E-state index is 12.4. The van der Waals surface area contributed by atoms with Crippen molar-refractivity contribution in [1.82, 2.24) is 10.2 Å². The van der Waals surface area contributed by atoms with Gasteiger partial charge in [-0.1, -0.05) is 18.2 Å². The Morgan fingerprint density at radius 2 is 2.17 bits per heavy atom. The molecule has 5 heteroatoms. The van der Waals surface area contributed by atoms with Gasteiger partial charge in [-0.15, -0.1) is 0 Å². The third-order valence-electron chi connectivity index (χ3n) is 4.53. The van der Waals surface area contributed by atoms with Gasteiger partial charge in [0.15, 0.2) is 0 Å². The van der Waals surface area contributed by atoms with Gasteiger partial charge in [0.05, 0.1) is 25.4 Å². The van der Waals surface area contributed by atoms with Crippen LogP contribution in [0.2, 0.25) is 0 Å². The lowest BCUT2D eigenvalue weighted by Crippen LogP contribution is -2.40. The lowest BCUT2D eigenvalue weighted by Gasteiger charge is -2.22. The summed E-state index contributed by atoms with van der Waals surface area (Å²) in [4.78, 5) is 14.3. The molecule has 2 amide bonds. The number of methoxy groups -OCH3 is 1. The second kappa shape index (κ2) is 8.31. The minimum atomic E-state index is -0.0174. The van der Waals surface area contributed by atoms with Crippen LogP contribution in [-0.4, -0.2) is 50.4 Å². The number of carbonyl (C=O) groups excluding carboxylic acids is 1. The summed E-state index contributed by atoms with van der Waals surface area (Å²) in [5, 5.41) is 3.10. The summed E-state index contributed by atoms with van der Waals surface area (Å²) in [5.74, 6) is 0. The normalized spacial score (nSPS) is 19.0. The number of aryl methyl sites for hydroxylation is 1. The van der Waals surface area contributed by atoms with Gasteiger partial charge < -0.3 is 19.7 Å². The Hall–Kier alpha value is -1.59. The Bertz CT molecular complexity index is 533. The SMILES string of the molecule is COCCO[C@@H]1CCN(C(=O)N[C@@H](C)c2cccc(C)c2C)C1. The Balaban J connectivity index is 1.86. The van der Waals surface area contributed by atoms with Crippen LogP contribution < -0.4 is 5.32 Å². The molecule has 0 aliphatic carbocycles. The average Bonchev–Trinajstić information content (AvgIpc) is 2.99. The number of ether oxygens (including phenoxy) is 2. The van der Waals surface area contributed by atoms with Gasteiger partial charge in [0.2, 0.25) is 0 Å². The van der Waals surface area contributed by atoms with Crippen LogP contribution in [0.4, 0.5) is 4.79 Å². The third kappa shape index (κ3) is 4.69. The summed E-state index contributed by atoms with van der Waals surface area (Å²) >= 11 is 0. The quantitative estimate of drug-likeness (QED) is 0.820. The molecule has 1 fully saturated rings. The van der Waals surface area contributed by atoms with E-state index in [2.05, 4.69) is 31.3 Å². The van der Waals surface area contributed by atoms with Crippen LogP contribution in [0.1, 0.15) is 36.1 Å². The summed E-state index contributed by atoms with van der Waals surface area (Å²) in [7, 11) is 1.66. The van der Waals surface area contributed by atoms with Gasteiger partial charge in [-0.25, -0.2) is 4.79 Å². The molecule has 1 aromatic rings. The van der Waals surface area contributed by atoms with Crippen LogP contribution >= 0.6 is 0 Å². The highest BCUT2D eigenvalue weighted by Gasteiger charge is 2.27. The molecule has 0 aromatic heterocycles. The van der Waals surface area contributed by atoms with Crippen molar-refractivity contribution >= 4 is 6.03 Å². The molecule has 0 radical (unpaired) electrons. The van der Waals surface area contributed by atoms with E-state index in [1.807, 2.05) is 17.9 Å². The van der Waals surface area contributed by atoms with E-state index < -0.39 is 0 Å². The smallest absolute Gasteiger partial charge is 0.317 e. The van der Waals surface area contributed by atoms with E-state index in [1.165, 1.54) is 16.7 Å². The first-order chi connectivity index (χ1) is 11.0. The van der Waals surface area contributed by atoms with E-state index in [9.17, 15) is 4.79 Å². The van der Waals surface area contributed by atoms with Gasteiger partial charge in [0.1, 0.15) is 0 Å². The molecule has 0 bridgehead atoms. The fraction of sp³-hybridized carbons (Fsp3) is 0.611. The van der Waals surface area contributed by atoms with Gasteiger partial charge in [-0.05, 0) is 43.9 Å². The lowest BCUT2D eigenvalue weighted by molar-refractivity contribution is 0.0236. The predicted molar refractivity (Wildman–Crippen MR) is 90.7 cm³/mol. The Morgan fingerprint density at radius 3 is 2.91 bits per heavy atom. The van der Waals surface area contributed by atoms with Crippen molar-refractivity contribution in [2.24, 2.45) is 0 Å². The highest BCUT2D eigenvalue weighted by atomic mass is 16.5. The molecule has 0 unspecified atom stereocenters. The number of urea groups is 1. The van der Waals surface area contributed by atoms with E-state index >= 15 is 0 Å². The van der Waals surface area contributed by atoms with E-state index in [0.29, 0.717) is 19.8 Å². The first kappa shape index (κ1) is 17.8. The van der Waals surface area contributed by atoms with Gasteiger partial charge in [-0.3, -0.25) is 0 Å². The molecule has 0 spiro atoms. The lowest BCUT2D eigenvalue weighted by atomic mass is 9.98. The first-order valence-corrected chi connectivity index (χ1v) is 8.25. The highest BCUT2D eigenvalue weighted by Crippen LogP contribution is 2.21. The summed E-state index contributed by atoms with van der Waals surface area (Å²) in [5.41, 5.74) is 3.66. The monoisotopic (exact) mass is 320 g/mol. The molecule has 1 heterocycles. The molecule has 2 atom stereocenters. The van der Waals surface area contributed by atoms with Crippen LogP contribution in [0.25, 0.3) is 0 Å². The zero-order valence-corrected chi connectivity index (χ0v) is 14.6. The Kier molecular flexibility index (Phi) is 6.42. The van der Waals surface area contributed by atoms with Crippen molar-refractivity contribution in [3.63, 3.8) is 0 Å². The largest absolute Gasteiger partial charge is 0.382 e. The number of nitrogens with one attached hydrogen (secondary N) is 1. The van der Waals surface area contributed by atoms with E-state index in [1.54, 1.807) is 7.11 Å². The van der Waals surface area contributed by atoms with Gasteiger partial charge in [0, 0.05) is 20.2 Å². The van der Waals surface area contributed by atoms with Crippen molar-refractivity contribution in [1.29, 1.82) is 0 Å². The molecule has 5 nitrogen and oxygen atoms in total. The van der Waals surface area contributed by atoms with Gasteiger partial charge >= 0.3 is 6.03 Å². The number of likely N-dealkylation sites (tertiary alicyclic amines) is 1. The van der Waals surface area contributed by atoms with Crippen molar-refractivity contribution in [2.45, 2.75) is 39.3 Å². The molecule has 0 saturated carbocycles. The zero-order valence-electron chi connectivity index (χ0n) is 14.6. The first-order valence-electron chi connectivity index (χ1n) is 8.25. The third-order valence-corrected chi connectivity index (χ3v) is 4.53. The fourth-order valence-corrected chi connectivity index (χ4v) is 2.94. The molecule has 1 aliphatic rings. The summed E-state index contributed by atoms with van der Waals surface area (Å²) in [6.07, 6.45) is 1.00. The van der Waals surface area contributed by atoms with Crippen molar-refractivity contribution < 1.29 is 14.3 Å². The average molecular weight is 320 g/mol. The molecule has 2 rings (SSSR count). The molecule has 23 heavy (non-hydrogen) atoms. The minimum Gasteiger partial charge on any atom is -0.382 e. The minimum absolute atomic E-state index is 0.00383. The van der Waals surface area contributed by atoms with Gasteiger partial charge in [0.25, 0.3) is 0 Å². The van der Waals surface area contributed by atoms with Crippen molar-refractivity contribution in [3.8, 4) is 0 Å². The number of hydrogen-bond acceptors (Lipinski definition) is 3. The predicted octanol–water partition coefficient (Wildman–Crippen LogP) is 2.81. The maximum absolute atomic E-state index is 12.4. The second-order valence-electron chi connectivity index (χ2n) is 6.18.